The van der Waals surface area contributed by atoms with E-state index in [0.717, 1.165) is 39.1 Å². The molecule has 2 atom stereocenters. The minimum absolute atomic E-state index is 0.0690. The summed E-state index contributed by atoms with van der Waals surface area (Å²) in [6.07, 6.45) is 1.82. The Bertz CT molecular complexity index is 333. The van der Waals surface area contributed by atoms with Crippen LogP contribution in [0.5, 0.6) is 0 Å². The van der Waals surface area contributed by atoms with Crippen LogP contribution < -0.4 is 5.32 Å². The maximum Gasteiger partial charge on any atom is 0.150 e. The van der Waals surface area contributed by atoms with Crippen LogP contribution in [0.2, 0.25) is 0 Å². The van der Waals surface area contributed by atoms with E-state index in [1.165, 1.54) is 0 Å². The molecule has 0 amide bonds. The van der Waals surface area contributed by atoms with E-state index < -0.39 is 9.84 Å². The third-order valence-corrected chi connectivity index (χ3v) is 5.73. The highest BCUT2D eigenvalue weighted by Crippen LogP contribution is 2.41. The van der Waals surface area contributed by atoms with Crippen molar-refractivity contribution in [3.63, 3.8) is 0 Å². The molecular weight excluding hydrogens is 226 g/mol. The van der Waals surface area contributed by atoms with Crippen LogP contribution in [0.25, 0.3) is 0 Å². The first-order valence-corrected chi connectivity index (χ1v) is 7.89. The average Bonchev–Trinajstić information content (AvgIpc) is 2.82. The number of hydrogen-bond donors (Lipinski definition) is 1. The molecule has 5 heteroatoms. The van der Waals surface area contributed by atoms with E-state index in [2.05, 4.69) is 12.2 Å². The Kier molecular flexibility index (Phi) is 3.56. The van der Waals surface area contributed by atoms with Crippen LogP contribution in [0.3, 0.4) is 0 Å². The highest BCUT2D eigenvalue weighted by atomic mass is 32.2. The molecule has 0 saturated carbocycles. The summed E-state index contributed by atoms with van der Waals surface area (Å²) in [4.78, 5) is 0. The summed E-state index contributed by atoms with van der Waals surface area (Å²) >= 11 is 0. The fourth-order valence-corrected chi connectivity index (χ4v) is 4.82. The lowest BCUT2D eigenvalue weighted by molar-refractivity contribution is 0.114. The second-order valence-corrected chi connectivity index (χ2v) is 7.27. The minimum Gasteiger partial charge on any atom is -0.381 e. The van der Waals surface area contributed by atoms with Crippen molar-refractivity contribution in [2.45, 2.75) is 19.8 Å². The molecule has 0 aromatic carbocycles. The van der Waals surface area contributed by atoms with Crippen molar-refractivity contribution in [3.05, 3.63) is 0 Å². The third-order valence-electron chi connectivity index (χ3n) is 3.96. The van der Waals surface area contributed by atoms with Gasteiger partial charge in [-0.05, 0) is 25.3 Å². The normalized spacial score (nSPS) is 37.9. The van der Waals surface area contributed by atoms with Gasteiger partial charge in [-0.3, -0.25) is 0 Å². The molecule has 2 fully saturated rings. The van der Waals surface area contributed by atoms with Crippen molar-refractivity contribution in [1.82, 2.24) is 5.32 Å². The van der Waals surface area contributed by atoms with Gasteiger partial charge >= 0.3 is 0 Å². The van der Waals surface area contributed by atoms with Crippen LogP contribution in [0, 0.1) is 11.3 Å². The van der Waals surface area contributed by atoms with Crippen molar-refractivity contribution in [1.29, 1.82) is 0 Å². The summed E-state index contributed by atoms with van der Waals surface area (Å²) in [7, 11) is -2.78. The van der Waals surface area contributed by atoms with E-state index in [4.69, 9.17) is 4.74 Å². The van der Waals surface area contributed by atoms with Crippen molar-refractivity contribution in [2.24, 2.45) is 11.3 Å². The lowest BCUT2D eigenvalue weighted by Crippen LogP contribution is -2.41. The first-order chi connectivity index (χ1) is 7.58. The lowest BCUT2D eigenvalue weighted by atomic mass is 9.74. The highest BCUT2D eigenvalue weighted by molar-refractivity contribution is 7.91. The molecule has 2 aliphatic rings. The number of ether oxygens (including phenoxy) is 1. The molecule has 2 saturated heterocycles. The molecule has 0 aliphatic carbocycles. The maximum atomic E-state index is 11.6. The van der Waals surface area contributed by atoms with Crippen LogP contribution in [0.4, 0.5) is 0 Å². The number of sulfone groups is 1. The van der Waals surface area contributed by atoms with E-state index in [9.17, 15) is 8.42 Å². The van der Waals surface area contributed by atoms with Gasteiger partial charge in [0.25, 0.3) is 0 Å². The summed E-state index contributed by atoms with van der Waals surface area (Å²) in [6, 6.07) is 0. The van der Waals surface area contributed by atoms with Gasteiger partial charge in [-0.25, -0.2) is 8.42 Å². The van der Waals surface area contributed by atoms with E-state index in [1.54, 1.807) is 0 Å². The van der Waals surface area contributed by atoms with Gasteiger partial charge in [-0.2, -0.15) is 0 Å². The molecule has 2 aliphatic heterocycles. The summed E-state index contributed by atoms with van der Waals surface area (Å²) in [5, 5.41) is 3.36. The largest absolute Gasteiger partial charge is 0.381 e. The van der Waals surface area contributed by atoms with Crippen molar-refractivity contribution >= 4 is 9.84 Å². The second kappa shape index (κ2) is 4.63. The van der Waals surface area contributed by atoms with Gasteiger partial charge in [0.05, 0.1) is 18.1 Å². The Morgan fingerprint density at radius 2 is 2.31 bits per heavy atom. The van der Waals surface area contributed by atoms with Gasteiger partial charge in [0.15, 0.2) is 9.84 Å². The Morgan fingerprint density at radius 3 is 2.81 bits per heavy atom. The standard InChI is InChI=1S/C11H21NO3S/c1-2-12-8-11(4-5-15-9-11)10-3-6-16(13,14)7-10/h10,12H,2-9H2,1H3. The predicted octanol–water partition coefficient (Wildman–Crippen LogP) is 0.437. The van der Waals surface area contributed by atoms with Gasteiger partial charge in [0, 0.05) is 18.6 Å². The van der Waals surface area contributed by atoms with Crippen molar-refractivity contribution in [2.75, 3.05) is 37.8 Å². The van der Waals surface area contributed by atoms with Gasteiger partial charge in [-0.15, -0.1) is 0 Å². The molecule has 0 aromatic heterocycles. The molecule has 16 heavy (non-hydrogen) atoms. The molecule has 1 N–H and O–H groups in total. The summed E-state index contributed by atoms with van der Waals surface area (Å²) < 4.78 is 28.6. The van der Waals surface area contributed by atoms with E-state index >= 15 is 0 Å². The fraction of sp³-hybridized carbons (Fsp3) is 1.00. The quantitative estimate of drug-likeness (QED) is 0.783. The van der Waals surface area contributed by atoms with Gasteiger partial charge in [-0.1, -0.05) is 6.92 Å². The molecular formula is C11H21NO3S. The van der Waals surface area contributed by atoms with Gasteiger partial charge in [0.1, 0.15) is 0 Å². The zero-order valence-corrected chi connectivity index (χ0v) is 10.7. The monoisotopic (exact) mass is 247 g/mol. The minimum atomic E-state index is -2.78. The van der Waals surface area contributed by atoms with Crippen LogP contribution in [0.15, 0.2) is 0 Å². The Labute approximate surface area is 97.7 Å². The van der Waals surface area contributed by atoms with E-state index in [1.807, 2.05) is 0 Å². The van der Waals surface area contributed by atoms with Crippen LogP contribution >= 0.6 is 0 Å². The smallest absolute Gasteiger partial charge is 0.150 e. The molecule has 0 aromatic rings. The molecule has 0 radical (unpaired) electrons. The third kappa shape index (κ3) is 2.41. The molecule has 4 nitrogen and oxygen atoms in total. The number of nitrogens with one attached hydrogen (secondary N) is 1. The van der Waals surface area contributed by atoms with Gasteiger partial charge < -0.3 is 10.1 Å². The first kappa shape index (κ1) is 12.3. The highest BCUT2D eigenvalue weighted by Gasteiger charge is 2.46. The number of hydrogen-bond acceptors (Lipinski definition) is 4. The zero-order chi connectivity index (χ0) is 11.6. The summed E-state index contributed by atoms with van der Waals surface area (Å²) in [5.41, 5.74) is 0.0690. The maximum absolute atomic E-state index is 11.6. The van der Waals surface area contributed by atoms with Crippen LogP contribution in [0.1, 0.15) is 19.8 Å². The van der Waals surface area contributed by atoms with Gasteiger partial charge in [0.2, 0.25) is 0 Å². The average molecular weight is 247 g/mol. The first-order valence-electron chi connectivity index (χ1n) is 6.07. The van der Waals surface area contributed by atoms with Crippen LogP contribution in [-0.2, 0) is 14.6 Å². The predicted molar refractivity (Wildman–Crippen MR) is 63.2 cm³/mol. The Morgan fingerprint density at radius 1 is 1.50 bits per heavy atom. The topological polar surface area (TPSA) is 55.4 Å². The van der Waals surface area contributed by atoms with Crippen molar-refractivity contribution < 1.29 is 13.2 Å². The molecule has 2 rings (SSSR count). The van der Waals surface area contributed by atoms with E-state index in [0.29, 0.717) is 17.4 Å². The Hall–Kier alpha value is -0.130. The molecule has 0 spiro atoms. The lowest BCUT2D eigenvalue weighted by Gasteiger charge is -2.33. The second-order valence-electron chi connectivity index (χ2n) is 5.05. The Balaban J connectivity index is 2.08. The molecule has 94 valence electrons. The fourth-order valence-electron chi connectivity index (χ4n) is 2.88. The SMILES string of the molecule is CCNCC1(C2CCS(=O)(=O)C2)CCOC1. The van der Waals surface area contributed by atoms with E-state index in [-0.39, 0.29) is 5.41 Å². The summed E-state index contributed by atoms with van der Waals surface area (Å²) in [6.45, 7) is 5.40. The molecule has 0 bridgehead atoms. The summed E-state index contributed by atoms with van der Waals surface area (Å²) in [5.74, 6) is 1.02. The molecule has 2 heterocycles. The zero-order valence-electron chi connectivity index (χ0n) is 9.87. The van der Waals surface area contributed by atoms with Crippen molar-refractivity contribution in [3.8, 4) is 0 Å². The molecule has 2 unspecified atom stereocenters. The van der Waals surface area contributed by atoms with Crippen LogP contribution in [-0.4, -0.2) is 46.2 Å². The number of rotatable bonds is 4.